The summed E-state index contributed by atoms with van der Waals surface area (Å²) < 4.78 is 1.92. The predicted molar refractivity (Wildman–Crippen MR) is 71.3 cm³/mol. The molecule has 0 aliphatic carbocycles. The van der Waals surface area contributed by atoms with Crippen molar-refractivity contribution in [3.63, 3.8) is 0 Å². The Labute approximate surface area is 110 Å². The number of pyridine rings is 1. The molecule has 0 bridgehead atoms. The number of imidazole rings is 1. The molecular formula is C12H16N6O. The highest BCUT2D eigenvalue weighted by atomic mass is 16.1. The lowest BCUT2D eigenvalue weighted by atomic mass is 10.3. The molecule has 2 aromatic rings. The van der Waals surface area contributed by atoms with Crippen LogP contribution in [-0.2, 0) is 13.5 Å². The Morgan fingerprint density at radius 3 is 3.00 bits per heavy atom. The van der Waals surface area contributed by atoms with Gasteiger partial charge in [0.1, 0.15) is 17.3 Å². The van der Waals surface area contributed by atoms with Crippen molar-refractivity contribution in [3.8, 4) is 0 Å². The number of nitrogens with one attached hydrogen (secondary N) is 2. The van der Waals surface area contributed by atoms with Crippen LogP contribution in [-0.4, -0.2) is 27.0 Å². The standard InChI is InChI=1S/C12H16N6O/c1-18-8-7-14-11(18)5-6-15-12(19)9-3-2-4-10(16-9)17-13/h2-4,7-8H,5-6,13H2,1H3,(H,15,19)(H,16,17). The van der Waals surface area contributed by atoms with E-state index in [-0.39, 0.29) is 5.91 Å². The van der Waals surface area contributed by atoms with E-state index in [2.05, 4.69) is 20.7 Å². The quantitative estimate of drug-likeness (QED) is 0.522. The van der Waals surface area contributed by atoms with Crippen LogP contribution in [0.5, 0.6) is 0 Å². The van der Waals surface area contributed by atoms with Gasteiger partial charge in [0.15, 0.2) is 0 Å². The van der Waals surface area contributed by atoms with Crippen molar-refractivity contribution in [2.24, 2.45) is 12.9 Å². The number of carbonyl (C=O) groups excluding carboxylic acids is 1. The van der Waals surface area contributed by atoms with Gasteiger partial charge in [-0.15, -0.1) is 0 Å². The maximum Gasteiger partial charge on any atom is 0.269 e. The van der Waals surface area contributed by atoms with Gasteiger partial charge in [0.25, 0.3) is 5.91 Å². The Hall–Kier alpha value is -2.41. The topological polar surface area (TPSA) is 97.9 Å². The Morgan fingerprint density at radius 2 is 2.32 bits per heavy atom. The van der Waals surface area contributed by atoms with E-state index >= 15 is 0 Å². The Bertz CT molecular complexity index is 565. The number of hydrogen-bond acceptors (Lipinski definition) is 5. The molecule has 7 nitrogen and oxygen atoms in total. The molecule has 0 aliphatic heterocycles. The van der Waals surface area contributed by atoms with Crippen LogP contribution >= 0.6 is 0 Å². The molecule has 2 heterocycles. The smallest absolute Gasteiger partial charge is 0.269 e. The van der Waals surface area contributed by atoms with E-state index in [0.717, 1.165) is 5.82 Å². The second-order valence-corrected chi connectivity index (χ2v) is 4.01. The minimum absolute atomic E-state index is 0.230. The number of aryl methyl sites for hydroxylation is 1. The second kappa shape index (κ2) is 5.96. The summed E-state index contributed by atoms with van der Waals surface area (Å²) in [6.45, 7) is 0.506. The molecule has 100 valence electrons. The summed E-state index contributed by atoms with van der Waals surface area (Å²) in [7, 11) is 1.92. The number of hydrogen-bond donors (Lipinski definition) is 3. The Kier molecular flexibility index (Phi) is 4.09. The average molecular weight is 260 g/mol. The van der Waals surface area contributed by atoms with Gasteiger partial charge < -0.3 is 15.3 Å². The fourth-order valence-electron chi connectivity index (χ4n) is 1.66. The zero-order valence-corrected chi connectivity index (χ0v) is 10.6. The van der Waals surface area contributed by atoms with E-state index in [1.807, 2.05) is 17.8 Å². The van der Waals surface area contributed by atoms with Crippen LogP contribution in [0.25, 0.3) is 0 Å². The maximum absolute atomic E-state index is 11.9. The van der Waals surface area contributed by atoms with Crippen molar-refractivity contribution >= 4 is 11.7 Å². The van der Waals surface area contributed by atoms with Crippen molar-refractivity contribution in [3.05, 3.63) is 42.1 Å². The van der Waals surface area contributed by atoms with E-state index in [4.69, 9.17) is 5.84 Å². The maximum atomic E-state index is 11.9. The number of nitrogen functional groups attached to an aromatic ring is 1. The van der Waals surface area contributed by atoms with Crippen LogP contribution in [0.3, 0.4) is 0 Å². The number of nitrogens with zero attached hydrogens (tertiary/aromatic N) is 3. The van der Waals surface area contributed by atoms with Crippen molar-refractivity contribution < 1.29 is 4.79 Å². The van der Waals surface area contributed by atoms with Crippen LogP contribution in [0.2, 0.25) is 0 Å². The molecule has 1 amide bonds. The molecule has 0 radical (unpaired) electrons. The van der Waals surface area contributed by atoms with Crippen molar-refractivity contribution in [1.29, 1.82) is 0 Å². The zero-order chi connectivity index (χ0) is 13.7. The summed E-state index contributed by atoms with van der Waals surface area (Å²) in [6.07, 6.45) is 4.27. The molecule has 0 aromatic carbocycles. The van der Waals surface area contributed by atoms with E-state index in [1.54, 1.807) is 24.4 Å². The molecular weight excluding hydrogens is 244 g/mol. The van der Waals surface area contributed by atoms with Crippen LogP contribution in [0.1, 0.15) is 16.3 Å². The summed E-state index contributed by atoms with van der Waals surface area (Å²) in [6, 6.07) is 5.04. The molecule has 0 aliphatic rings. The first kappa shape index (κ1) is 13.0. The van der Waals surface area contributed by atoms with Gasteiger partial charge in [0.2, 0.25) is 0 Å². The lowest BCUT2D eigenvalue weighted by molar-refractivity contribution is 0.0949. The summed E-state index contributed by atoms with van der Waals surface area (Å²) in [5, 5.41) is 2.79. The first-order chi connectivity index (χ1) is 9.20. The Balaban J connectivity index is 1.89. The molecule has 0 unspecified atom stereocenters. The van der Waals surface area contributed by atoms with E-state index in [9.17, 15) is 4.79 Å². The lowest BCUT2D eigenvalue weighted by Gasteiger charge is -2.06. The minimum atomic E-state index is -0.230. The molecule has 0 fully saturated rings. The van der Waals surface area contributed by atoms with Gasteiger partial charge in [-0.25, -0.2) is 15.8 Å². The molecule has 4 N–H and O–H groups in total. The highest BCUT2D eigenvalue weighted by Gasteiger charge is 2.07. The third kappa shape index (κ3) is 3.29. The molecule has 0 saturated heterocycles. The summed E-state index contributed by atoms with van der Waals surface area (Å²) in [5.74, 6) is 6.39. The largest absolute Gasteiger partial charge is 0.350 e. The number of amides is 1. The van der Waals surface area contributed by atoms with E-state index < -0.39 is 0 Å². The summed E-state index contributed by atoms with van der Waals surface area (Å²) in [4.78, 5) is 20.1. The van der Waals surface area contributed by atoms with Crippen LogP contribution in [0, 0.1) is 0 Å². The van der Waals surface area contributed by atoms with Crippen LogP contribution in [0.15, 0.2) is 30.6 Å². The lowest BCUT2D eigenvalue weighted by Crippen LogP contribution is -2.27. The average Bonchev–Trinajstić information content (AvgIpc) is 2.84. The van der Waals surface area contributed by atoms with Gasteiger partial charge in [-0.2, -0.15) is 0 Å². The highest BCUT2D eigenvalue weighted by molar-refractivity contribution is 5.92. The van der Waals surface area contributed by atoms with Crippen molar-refractivity contribution in [2.45, 2.75) is 6.42 Å². The van der Waals surface area contributed by atoms with E-state index in [0.29, 0.717) is 24.5 Å². The molecule has 2 aromatic heterocycles. The first-order valence-corrected chi connectivity index (χ1v) is 5.89. The summed E-state index contributed by atoms with van der Waals surface area (Å²) in [5.41, 5.74) is 2.73. The van der Waals surface area contributed by atoms with Crippen molar-refractivity contribution in [1.82, 2.24) is 19.9 Å². The third-order valence-corrected chi connectivity index (χ3v) is 2.68. The van der Waals surface area contributed by atoms with Crippen LogP contribution < -0.4 is 16.6 Å². The fourth-order valence-corrected chi connectivity index (χ4v) is 1.66. The second-order valence-electron chi connectivity index (χ2n) is 4.01. The molecule has 0 spiro atoms. The molecule has 2 rings (SSSR count). The minimum Gasteiger partial charge on any atom is -0.350 e. The van der Waals surface area contributed by atoms with Gasteiger partial charge in [-0.1, -0.05) is 6.07 Å². The Morgan fingerprint density at radius 1 is 1.47 bits per heavy atom. The fraction of sp³-hybridized carbons (Fsp3) is 0.250. The van der Waals surface area contributed by atoms with Gasteiger partial charge in [-0.05, 0) is 12.1 Å². The van der Waals surface area contributed by atoms with E-state index in [1.165, 1.54) is 0 Å². The van der Waals surface area contributed by atoms with Crippen molar-refractivity contribution in [2.75, 3.05) is 12.0 Å². The highest BCUT2D eigenvalue weighted by Crippen LogP contribution is 2.03. The predicted octanol–water partition coefficient (Wildman–Crippen LogP) is 0.0732. The van der Waals surface area contributed by atoms with Gasteiger partial charge in [-0.3, -0.25) is 4.79 Å². The number of carbonyl (C=O) groups is 1. The molecule has 0 atom stereocenters. The number of hydrazine groups is 1. The van der Waals surface area contributed by atoms with Gasteiger partial charge in [0, 0.05) is 32.4 Å². The summed E-state index contributed by atoms with van der Waals surface area (Å²) >= 11 is 0. The van der Waals surface area contributed by atoms with Crippen LogP contribution in [0.4, 0.5) is 5.82 Å². The normalized spacial score (nSPS) is 10.2. The number of anilines is 1. The monoisotopic (exact) mass is 260 g/mol. The van der Waals surface area contributed by atoms with Gasteiger partial charge in [0.05, 0.1) is 0 Å². The SMILES string of the molecule is Cn1ccnc1CCNC(=O)c1cccc(NN)n1. The zero-order valence-electron chi connectivity index (χ0n) is 10.6. The van der Waals surface area contributed by atoms with Gasteiger partial charge >= 0.3 is 0 Å². The third-order valence-electron chi connectivity index (χ3n) is 2.68. The first-order valence-electron chi connectivity index (χ1n) is 5.89. The number of nitrogens with two attached hydrogens (primary N) is 1. The molecule has 0 saturated carbocycles. The number of aromatic nitrogens is 3. The molecule has 7 heteroatoms. The number of rotatable bonds is 5. The molecule has 19 heavy (non-hydrogen) atoms.